The number of aromatic carboxylic acids is 1. The Kier molecular flexibility index (Phi) is 5.72. The Morgan fingerprint density at radius 1 is 1.06 bits per heavy atom. The highest BCUT2D eigenvalue weighted by Crippen LogP contribution is 2.45. The van der Waals surface area contributed by atoms with E-state index in [0.29, 0.717) is 33.8 Å². The molecule has 0 fully saturated rings. The summed E-state index contributed by atoms with van der Waals surface area (Å²) in [6, 6.07) is 10.0. The van der Waals surface area contributed by atoms with Gasteiger partial charge in [-0.2, -0.15) is 0 Å². The van der Waals surface area contributed by atoms with Crippen LogP contribution in [0.1, 0.15) is 34.0 Å². The summed E-state index contributed by atoms with van der Waals surface area (Å²) in [6.45, 7) is 3.05. The van der Waals surface area contributed by atoms with E-state index in [1.807, 2.05) is 30.4 Å². The average molecular weight is 462 g/mol. The van der Waals surface area contributed by atoms with Gasteiger partial charge < -0.3 is 30.7 Å². The van der Waals surface area contributed by atoms with Crippen LogP contribution in [0.2, 0.25) is 0 Å². The zero-order valence-electron chi connectivity index (χ0n) is 18.4. The third kappa shape index (κ3) is 4.55. The van der Waals surface area contributed by atoms with Crippen molar-refractivity contribution < 1.29 is 34.4 Å². The van der Waals surface area contributed by atoms with Gasteiger partial charge in [-0.3, -0.25) is 4.79 Å². The number of hydrogen-bond donors (Lipinski definition) is 5. The van der Waals surface area contributed by atoms with Crippen molar-refractivity contribution in [1.82, 2.24) is 5.32 Å². The van der Waals surface area contributed by atoms with Crippen molar-refractivity contribution in [3.63, 3.8) is 0 Å². The van der Waals surface area contributed by atoms with Gasteiger partial charge in [0.05, 0.1) is 5.56 Å². The highest BCUT2D eigenvalue weighted by Gasteiger charge is 2.31. The summed E-state index contributed by atoms with van der Waals surface area (Å²) in [7, 11) is 0. The standard InChI is InChI=1S/C25H22N2O7/c1-13-3-5-16-19(9-13)34-20-11-25(2,33)8-7-17(20)22(16)15-6-4-14(10-18(15)23(29)30)27-21(28)12-26-24(31)32/h3-11,26,33H,12H2,1-2H3,(H,27,28)(H,29,30)(H,31,32). The minimum Gasteiger partial charge on any atom is -0.478 e. The Hall–Kier alpha value is -4.37. The number of fused-ring (bicyclic) bond motifs is 2. The number of allylic oxidation sites excluding steroid dienone is 1. The minimum atomic E-state index is -1.35. The van der Waals surface area contributed by atoms with Crippen molar-refractivity contribution in [2.45, 2.75) is 19.4 Å². The maximum absolute atomic E-state index is 12.2. The number of carboxylic acid groups (broad SMARTS) is 2. The van der Waals surface area contributed by atoms with Gasteiger partial charge in [0, 0.05) is 22.4 Å². The number of benzene rings is 2. The molecule has 34 heavy (non-hydrogen) atoms. The number of carboxylic acids is 1. The van der Waals surface area contributed by atoms with Gasteiger partial charge in [-0.25, -0.2) is 9.59 Å². The van der Waals surface area contributed by atoms with E-state index in [0.717, 1.165) is 5.56 Å². The number of aryl methyl sites for hydroxylation is 1. The summed E-state index contributed by atoms with van der Waals surface area (Å²) in [5.41, 5.74) is 2.19. The molecule has 0 bridgehead atoms. The monoisotopic (exact) mass is 462 g/mol. The maximum atomic E-state index is 12.2. The van der Waals surface area contributed by atoms with Crippen molar-refractivity contribution in [3.05, 3.63) is 88.2 Å². The molecule has 174 valence electrons. The molecule has 2 aliphatic rings. The number of carbonyl (C=O) groups excluding carboxylic acids is 1. The van der Waals surface area contributed by atoms with Crippen LogP contribution in [-0.2, 0) is 4.79 Å². The highest BCUT2D eigenvalue weighted by molar-refractivity contribution is 6.02. The quantitative estimate of drug-likeness (QED) is 0.458. The van der Waals surface area contributed by atoms with Gasteiger partial charge >= 0.3 is 12.1 Å². The Bertz CT molecular complexity index is 1320. The second-order valence-corrected chi connectivity index (χ2v) is 8.23. The molecule has 4 rings (SSSR count). The second kappa shape index (κ2) is 8.53. The number of aliphatic hydroxyl groups is 1. The zero-order chi connectivity index (χ0) is 24.6. The molecule has 0 saturated heterocycles. The number of amides is 2. The molecule has 0 spiro atoms. The Balaban J connectivity index is 1.84. The highest BCUT2D eigenvalue weighted by atomic mass is 16.5. The van der Waals surface area contributed by atoms with Crippen LogP contribution >= 0.6 is 0 Å². The third-order valence-electron chi connectivity index (χ3n) is 5.38. The molecule has 1 atom stereocenters. The molecule has 1 aliphatic carbocycles. The van der Waals surface area contributed by atoms with Gasteiger partial charge in [0.15, 0.2) is 0 Å². The fourth-order valence-corrected chi connectivity index (χ4v) is 3.87. The summed E-state index contributed by atoms with van der Waals surface area (Å²) in [5.74, 6) is -0.901. The predicted molar refractivity (Wildman–Crippen MR) is 124 cm³/mol. The van der Waals surface area contributed by atoms with Crippen molar-refractivity contribution in [2.24, 2.45) is 0 Å². The van der Waals surface area contributed by atoms with E-state index >= 15 is 0 Å². The van der Waals surface area contributed by atoms with E-state index in [1.54, 1.807) is 37.3 Å². The first kappa shape index (κ1) is 22.8. The van der Waals surface area contributed by atoms with Gasteiger partial charge in [-0.05, 0) is 55.3 Å². The first-order chi connectivity index (χ1) is 16.0. The fraction of sp³-hybridized carbons (Fsp3) is 0.160. The van der Waals surface area contributed by atoms with E-state index in [4.69, 9.17) is 9.84 Å². The number of carbonyl (C=O) groups is 3. The van der Waals surface area contributed by atoms with E-state index in [9.17, 15) is 24.6 Å². The number of nitrogens with one attached hydrogen (secondary N) is 2. The summed E-state index contributed by atoms with van der Waals surface area (Å²) >= 11 is 0. The smallest absolute Gasteiger partial charge is 0.405 e. The summed E-state index contributed by atoms with van der Waals surface area (Å²) in [6.07, 6.45) is 3.52. The van der Waals surface area contributed by atoms with Crippen LogP contribution in [0.4, 0.5) is 10.5 Å². The van der Waals surface area contributed by atoms with Crippen LogP contribution in [0.5, 0.6) is 5.75 Å². The molecular weight excluding hydrogens is 440 g/mol. The topological polar surface area (TPSA) is 145 Å². The summed E-state index contributed by atoms with van der Waals surface area (Å²) in [5, 5.41) is 33.5. The van der Waals surface area contributed by atoms with Crippen LogP contribution in [0.25, 0.3) is 5.57 Å². The largest absolute Gasteiger partial charge is 0.478 e. The number of hydrogen-bond acceptors (Lipinski definition) is 5. The zero-order valence-corrected chi connectivity index (χ0v) is 18.4. The summed E-state index contributed by atoms with van der Waals surface area (Å²) < 4.78 is 6.06. The molecular formula is C25H22N2O7. The van der Waals surface area contributed by atoms with Crippen LogP contribution in [0, 0.1) is 6.92 Å². The second-order valence-electron chi connectivity index (χ2n) is 8.23. The van der Waals surface area contributed by atoms with Crippen LogP contribution in [0.3, 0.4) is 0 Å². The van der Waals surface area contributed by atoms with Gasteiger partial charge in [0.2, 0.25) is 5.91 Å². The molecule has 2 aromatic rings. The number of rotatable bonds is 5. The first-order valence-corrected chi connectivity index (χ1v) is 10.4. The molecule has 0 radical (unpaired) electrons. The lowest BCUT2D eigenvalue weighted by Crippen LogP contribution is -2.31. The molecule has 1 unspecified atom stereocenters. The number of ether oxygens (including phenoxy) is 1. The first-order valence-electron chi connectivity index (χ1n) is 10.4. The van der Waals surface area contributed by atoms with Crippen molar-refractivity contribution in [2.75, 3.05) is 11.9 Å². The minimum absolute atomic E-state index is 0.0648. The normalized spacial score (nSPS) is 18.3. The Morgan fingerprint density at radius 2 is 1.79 bits per heavy atom. The lowest BCUT2D eigenvalue weighted by Gasteiger charge is -2.30. The van der Waals surface area contributed by atoms with Crippen molar-refractivity contribution in [3.8, 4) is 5.75 Å². The summed E-state index contributed by atoms with van der Waals surface area (Å²) in [4.78, 5) is 34.8. The van der Waals surface area contributed by atoms with E-state index < -0.39 is 30.1 Å². The van der Waals surface area contributed by atoms with Crippen LogP contribution in [0.15, 0.2) is 66.0 Å². The molecule has 1 aliphatic heterocycles. The van der Waals surface area contributed by atoms with Crippen LogP contribution in [-0.4, -0.2) is 45.4 Å². The molecule has 9 heteroatoms. The molecule has 1 heterocycles. The van der Waals surface area contributed by atoms with Gasteiger partial charge in [0.25, 0.3) is 0 Å². The SMILES string of the molecule is Cc1ccc2c(c1)OC1=CC(C)(O)C=CC1=C2c1ccc(NC(=O)CNC(=O)O)cc1C(=O)O. The fourth-order valence-electron chi connectivity index (χ4n) is 3.87. The lowest BCUT2D eigenvalue weighted by atomic mass is 9.83. The van der Waals surface area contributed by atoms with E-state index in [-0.39, 0.29) is 11.3 Å². The lowest BCUT2D eigenvalue weighted by molar-refractivity contribution is -0.115. The maximum Gasteiger partial charge on any atom is 0.405 e. The van der Waals surface area contributed by atoms with Gasteiger partial charge in [-0.15, -0.1) is 0 Å². The third-order valence-corrected chi connectivity index (χ3v) is 5.38. The van der Waals surface area contributed by atoms with Crippen molar-refractivity contribution >= 4 is 29.2 Å². The van der Waals surface area contributed by atoms with E-state index in [1.165, 1.54) is 6.07 Å². The van der Waals surface area contributed by atoms with E-state index in [2.05, 4.69) is 5.32 Å². The molecule has 0 saturated carbocycles. The van der Waals surface area contributed by atoms with Gasteiger partial charge in [0.1, 0.15) is 23.7 Å². The molecule has 0 aromatic heterocycles. The van der Waals surface area contributed by atoms with Gasteiger partial charge in [-0.1, -0.05) is 24.3 Å². The predicted octanol–water partition coefficient (Wildman–Crippen LogP) is 3.30. The average Bonchev–Trinajstić information content (AvgIpc) is 2.75. The molecule has 5 N–H and O–H groups in total. The Morgan fingerprint density at radius 3 is 2.50 bits per heavy atom. The molecule has 2 aromatic carbocycles. The van der Waals surface area contributed by atoms with Crippen molar-refractivity contribution in [1.29, 1.82) is 0 Å². The van der Waals surface area contributed by atoms with Crippen LogP contribution < -0.4 is 15.4 Å². The molecule has 2 amide bonds. The number of anilines is 1. The molecule has 9 nitrogen and oxygen atoms in total. The Labute approximate surface area is 194 Å².